The van der Waals surface area contributed by atoms with Crippen LogP contribution in [0, 0.1) is 0 Å². The lowest BCUT2D eigenvalue weighted by atomic mass is 10.2. The summed E-state index contributed by atoms with van der Waals surface area (Å²) in [6.45, 7) is 1.86. The summed E-state index contributed by atoms with van der Waals surface area (Å²) < 4.78 is 1.27. The second-order valence-corrected chi connectivity index (χ2v) is 6.43. The molecule has 3 amide bonds. The Morgan fingerprint density at radius 2 is 1.95 bits per heavy atom. The van der Waals surface area contributed by atoms with E-state index in [1.807, 2.05) is 6.92 Å². The Kier molecular flexibility index (Phi) is 5.13. The number of hydrogen-bond donors (Lipinski definition) is 0. The van der Waals surface area contributed by atoms with E-state index < -0.39 is 11.9 Å². The van der Waals surface area contributed by atoms with Gasteiger partial charge in [0.1, 0.15) is 6.04 Å². The topological polar surface area (TPSA) is 57.7 Å². The van der Waals surface area contributed by atoms with E-state index in [-0.39, 0.29) is 12.3 Å². The molecule has 1 aliphatic heterocycles. The van der Waals surface area contributed by atoms with Crippen molar-refractivity contribution >= 4 is 59.1 Å². The molecule has 1 aliphatic rings. The van der Waals surface area contributed by atoms with Crippen molar-refractivity contribution in [2.45, 2.75) is 19.4 Å². The third-order valence-electron chi connectivity index (χ3n) is 2.92. The molecule has 112 valence electrons. The number of benzene rings is 1. The number of imide groups is 1. The highest BCUT2D eigenvalue weighted by Crippen LogP contribution is 2.31. The highest BCUT2D eigenvalue weighted by molar-refractivity contribution is 7.97. The van der Waals surface area contributed by atoms with E-state index in [0.29, 0.717) is 27.9 Å². The minimum atomic E-state index is -0.794. The summed E-state index contributed by atoms with van der Waals surface area (Å²) in [6, 6.07) is 3.70. The van der Waals surface area contributed by atoms with Crippen LogP contribution in [0.4, 0.5) is 5.69 Å². The number of carbonyl (C=O) groups excluding carboxylic acids is 3. The third-order valence-corrected chi connectivity index (χ3v) is 4.25. The van der Waals surface area contributed by atoms with Crippen LogP contribution in [0.3, 0.4) is 0 Å². The van der Waals surface area contributed by atoms with Gasteiger partial charge in [0, 0.05) is 15.8 Å². The van der Waals surface area contributed by atoms with Crippen molar-refractivity contribution in [2.75, 3.05) is 10.7 Å². The van der Waals surface area contributed by atoms with Gasteiger partial charge in [-0.25, -0.2) is 4.90 Å². The third kappa shape index (κ3) is 3.33. The fourth-order valence-corrected chi connectivity index (χ4v) is 3.32. The molecule has 1 heterocycles. The van der Waals surface area contributed by atoms with Crippen LogP contribution in [0.15, 0.2) is 18.2 Å². The lowest BCUT2D eigenvalue weighted by Crippen LogP contribution is -2.38. The van der Waals surface area contributed by atoms with Crippen molar-refractivity contribution < 1.29 is 14.4 Å². The quantitative estimate of drug-likeness (QED) is 0.467. The van der Waals surface area contributed by atoms with Gasteiger partial charge >= 0.3 is 0 Å². The molecule has 0 radical (unpaired) electrons. The molecule has 1 fully saturated rings. The maximum absolute atomic E-state index is 12.4. The summed E-state index contributed by atoms with van der Waals surface area (Å²) in [5.41, 5.74) is 0.317. The summed E-state index contributed by atoms with van der Waals surface area (Å²) in [5, 5.41) is 0.661. The Morgan fingerprint density at radius 1 is 1.33 bits per heavy atom. The normalized spacial score (nSPS) is 18.2. The summed E-state index contributed by atoms with van der Waals surface area (Å²) in [7, 11) is 0. The Morgan fingerprint density at radius 3 is 2.48 bits per heavy atom. The number of rotatable bonds is 5. The first-order valence-corrected chi connectivity index (χ1v) is 7.87. The van der Waals surface area contributed by atoms with Crippen LogP contribution in [0.1, 0.15) is 13.3 Å². The Balaban J connectivity index is 2.31. The molecule has 0 bridgehead atoms. The van der Waals surface area contributed by atoms with Crippen molar-refractivity contribution in [2.24, 2.45) is 0 Å². The zero-order valence-electron chi connectivity index (χ0n) is 11.1. The number of amides is 3. The van der Waals surface area contributed by atoms with E-state index in [4.69, 9.17) is 23.2 Å². The van der Waals surface area contributed by atoms with Crippen molar-refractivity contribution in [3.63, 3.8) is 0 Å². The van der Waals surface area contributed by atoms with Crippen LogP contribution in [0.25, 0.3) is 0 Å². The van der Waals surface area contributed by atoms with Crippen LogP contribution >= 0.6 is 35.1 Å². The van der Waals surface area contributed by atoms with Gasteiger partial charge in [-0.3, -0.25) is 18.7 Å². The van der Waals surface area contributed by atoms with E-state index in [1.54, 1.807) is 0 Å². The summed E-state index contributed by atoms with van der Waals surface area (Å²) >= 11 is 13.0. The molecule has 1 unspecified atom stereocenters. The van der Waals surface area contributed by atoms with Crippen LogP contribution in [0.2, 0.25) is 10.0 Å². The number of nitrogens with zero attached hydrogens (tertiary/aromatic N) is 2. The zero-order valence-corrected chi connectivity index (χ0v) is 13.4. The molecule has 1 aromatic rings. The molecule has 0 spiro atoms. The van der Waals surface area contributed by atoms with Crippen molar-refractivity contribution in [3.05, 3.63) is 28.2 Å². The minimum absolute atomic E-state index is 0.0469. The van der Waals surface area contributed by atoms with Gasteiger partial charge in [-0.2, -0.15) is 0 Å². The maximum atomic E-state index is 12.4. The van der Waals surface area contributed by atoms with Gasteiger partial charge in [-0.15, -0.1) is 0 Å². The van der Waals surface area contributed by atoms with Gasteiger partial charge in [0.25, 0.3) is 5.91 Å². The first kappa shape index (κ1) is 16.1. The minimum Gasteiger partial charge on any atom is -0.278 e. The number of anilines is 1. The molecule has 5 nitrogen and oxygen atoms in total. The van der Waals surface area contributed by atoms with E-state index in [9.17, 15) is 14.4 Å². The second kappa shape index (κ2) is 6.68. The van der Waals surface area contributed by atoms with E-state index in [1.165, 1.54) is 34.5 Å². The van der Waals surface area contributed by atoms with Gasteiger partial charge in [0.15, 0.2) is 0 Å². The largest absolute Gasteiger partial charge is 0.278 e. The zero-order chi connectivity index (χ0) is 15.6. The monoisotopic (exact) mass is 346 g/mol. The number of hydrogen-bond acceptors (Lipinski definition) is 4. The molecule has 0 aliphatic carbocycles. The average molecular weight is 347 g/mol. The molecular weight excluding hydrogens is 335 g/mol. The average Bonchev–Trinajstić information content (AvgIpc) is 2.70. The van der Waals surface area contributed by atoms with Crippen molar-refractivity contribution in [3.8, 4) is 0 Å². The van der Waals surface area contributed by atoms with Gasteiger partial charge < -0.3 is 0 Å². The van der Waals surface area contributed by atoms with Crippen LogP contribution in [-0.4, -0.2) is 34.3 Å². The molecule has 0 saturated carbocycles. The van der Waals surface area contributed by atoms with Gasteiger partial charge in [0.2, 0.25) is 12.3 Å². The molecule has 0 aromatic heterocycles. The maximum Gasteiger partial charge on any atom is 0.258 e. The molecule has 1 saturated heterocycles. The highest BCUT2D eigenvalue weighted by atomic mass is 35.5. The first-order chi connectivity index (χ1) is 9.97. The van der Waals surface area contributed by atoms with E-state index >= 15 is 0 Å². The fraction of sp³-hybridized carbons (Fsp3) is 0.308. The Labute approximate surface area is 136 Å². The van der Waals surface area contributed by atoms with Crippen LogP contribution < -0.4 is 4.90 Å². The van der Waals surface area contributed by atoms with Gasteiger partial charge in [-0.1, -0.05) is 30.1 Å². The Hall–Kier alpha value is -1.24. The smallest absolute Gasteiger partial charge is 0.258 e. The fourth-order valence-electron chi connectivity index (χ4n) is 2.10. The number of halogens is 2. The summed E-state index contributed by atoms with van der Waals surface area (Å²) in [6.07, 6.45) is 0.521. The lowest BCUT2D eigenvalue weighted by Gasteiger charge is -2.21. The van der Waals surface area contributed by atoms with Gasteiger partial charge in [0.05, 0.1) is 12.1 Å². The predicted octanol–water partition coefficient (Wildman–Crippen LogP) is 2.75. The SMILES string of the molecule is CCSN(C=O)C1CC(=O)N(c2cc(Cl)cc(Cl)c2)C1=O. The van der Waals surface area contributed by atoms with Crippen LogP contribution in [-0.2, 0) is 14.4 Å². The molecule has 0 N–H and O–H groups in total. The second-order valence-electron chi connectivity index (χ2n) is 4.30. The van der Waals surface area contributed by atoms with Crippen LogP contribution in [0.5, 0.6) is 0 Å². The predicted molar refractivity (Wildman–Crippen MR) is 83.4 cm³/mol. The highest BCUT2D eigenvalue weighted by Gasteiger charge is 2.43. The van der Waals surface area contributed by atoms with E-state index in [2.05, 4.69) is 0 Å². The Bertz CT molecular complexity index is 577. The van der Waals surface area contributed by atoms with Crippen molar-refractivity contribution in [1.29, 1.82) is 0 Å². The van der Waals surface area contributed by atoms with E-state index in [0.717, 1.165) is 4.90 Å². The number of carbonyl (C=O) groups is 3. The van der Waals surface area contributed by atoms with Gasteiger partial charge in [-0.05, 0) is 30.1 Å². The molecule has 21 heavy (non-hydrogen) atoms. The standard InChI is InChI=1S/C13H12Cl2N2O3S/c1-2-21-16(7-18)11-6-12(19)17(13(11)20)10-4-8(14)3-9(15)5-10/h3-5,7,11H,2,6H2,1H3. The first-order valence-electron chi connectivity index (χ1n) is 6.17. The molecule has 8 heteroatoms. The lowest BCUT2D eigenvalue weighted by molar-refractivity contribution is -0.125. The molecule has 1 aromatic carbocycles. The molecule has 1 atom stereocenters. The summed E-state index contributed by atoms with van der Waals surface area (Å²) in [5.74, 6) is -0.210. The summed E-state index contributed by atoms with van der Waals surface area (Å²) in [4.78, 5) is 36.6. The molecular formula is C13H12Cl2N2O3S. The van der Waals surface area contributed by atoms with Crippen molar-refractivity contribution in [1.82, 2.24) is 4.31 Å². The molecule has 2 rings (SSSR count).